The molecule has 0 saturated heterocycles. The smallest absolute Gasteiger partial charge is 0.416 e. The van der Waals surface area contributed by atoms with E-state index in [2.05, 4.69) is 4.98 Å². The summed E-state index contributed by atoms with van der Waals surface area (Å²) in [6, 6.07) is 5.13. The molecule has 19 heavy (non-hydrogen) atoms. The van der Waals surface area contributed by atoms with E-state index >= 15 is 0 Å². The monoisotopic (exact) mass is 270 g/mol. The van der Waals surface area contributed by atoms with E-state index in [1.165, 1.54) is 6.07 Å². The van der Waals surface area contributed by atoms with E-state index in [1.54, 1.807) is 12.3 Å². The quantitative estimate of drug-likeness (QED) is 0.929. The summed E-state index contributed by atoms with van der Waals surface area (Å²) < 4.78 is 43.1. The lowest BCUT2D eigenvalue weighted by molar-refractivity contribution is -0.137. The van der Waals surface area contributed by atoms with E-state index in [-0.39, 0.29) is 6.42 Å². The number of alkyl halides is 3. The molecule has 0 aliphatic carbocycles. The van der Waals surface area contributed by atoms with Crippen molar-refractivity contribution in [2.75, 3.05) is 6.54 Å². The first-order valence-electron chi connectivity index (χ1n) is 5.79. The van der Waals surface area contributed by atoms with Crippen LogP contribution in [0.3, 0.4) is 0 Å². The first kappa shape index (κ1) is 13.6. The van der Waals surface area contributed by atoms with Gasteiger partial charge in [0.05, 0.1) is 11.8 Å². The first-order valence-corrected chi connectivity index (χ1v) is 5.79. The van der Waals surface area contributed by atoms with Crippen LogP contribution in [0.4, 0.5) is 13.2 Å². The van der Waals surface area contributed by atoms with Crippen LogP contribution in [0.5, 0.6) is 0 Å². The number of nitrogens with zero attached hydrogens (tertiary/aromatic N) is 1. The molecule has 0 aliphatic rings. The summed E-state index contributed by atoms with van der Waals surface area (Å²) in [5.74, 6) is 1.03. The van der Waals surface area contributed by atoms with Crippen LogP contribution >= 0.6 is 0 Å². The highest BCUT2D eigenvalue weighted by Crippen LogP contribution is 2.29. The molecule has 0 radical (unpaired) electrons. The minimum Gasteiger partial charge on any atom is -0.445 e. The Bertz CT molecular complexity index is 549. The van der Waals surface area contributed by atoms with Gasteiger partial charge in [-0.25, -0.2) is 4.98 Å². The van der Waals surface area contributed by atoms with Gasteiger partial charge in [0.2, 0.25) is 0 Å². The van der Waals surface area contributed by atoms with E-state index in [1.807, 2.05) is 0 Å². The van der Waals surface area contributed by atoms with Crippen LogP contribution in [0.1, 0.15) is 22.8 Å². The molecule has 0 spiro atoms. The van der Waals surface area contributed by atoms with Crippen LogP contribution in [-0.4, -0.2) is 11.5 Å². The maximum Gasteiger partial charge on any atom is 0.416 e. The Balaban J connectivity index is 2.14. The molecule has 3 nitrogen and oxygen atoms in total. The van der Waals surface area contributed by atoms with Gasteiger partial charge >= 0.3 is 6.18 Å². The van der Waals surface area contributed by atoms with Gasteiger partial charge in [0.15, 0.2) is 5.89 Å². The van der Waals surface area contributed by atoms with Crippen molar-refractivity contribution in [3.8, 4) is 0 Å². The Hall–Kier alpha value is -1.82. The normalized spacial score (nSPS) is 11.8. The van der Waals surface area contributed by atoms with E-state index in [9.17, 15) is 13.2 Å². The number of rotatable bonds is 4. The lowest BCUT2D eigenvalue weighted by Crippen LogP contribution is -2.05. The van der Waals surface area contributed by atoms with Gasteiger partial charge < -0.3 is 10.2 Å². The van der Waals surface area contributed by atoms with Crippen molar-refractivity contribution in [1.82, 2.24) is 4.98 Å². The van der Waals surface area contributed by atoms with Crippen LogP contribution in [0.2, 0.25) is 0 Å². The largest absolute Gasteiger partial charge is 0.445 e. The molecule has 0 fully saturated rings. The van der Waals surface area contributed by atoms with Crippen LogP contribution in [-0.2, 0) is 19.0 Å². The zero-order valence-corrected chi connectivity index (χ0v) is 10.1. The van der Waals surface area contributed by atoms with Crippen molar-refractivity contribution in [2.45, 2.75) is 19.0 Å². The van der Waals surface area contributed by atoms with E-state index in [4.69, 9.17) is 10.2 Å². The average molecular weight is 270 g/mol. The number of oxazole rings is 1. The predicted octanol–water partition coefficient (Wildman–Crippen LogP) is 2.79. The Morgan fingerprint density at radius 2 is 2.05 bits per heavy atom. The Kier molecular flexibility index (Phi) is 3.90. The van der Waals surface area contributed by atoms with E-state index < -0.39 is 11.7 Å². The molecule has 1 aromatic heterocycles. The molecule has 2 aromatic rings. The molecule has 0 bridgehead atoms. The molecule has 2 N–H and O–H groups in total. The lowest BCUT2D eigenvalue weighted by atomic mass is 10.1. The molecule has 0 atom stereocenters. The molecule has 1 heterocycles. The Labute approximate surface area is 108 Å². The molecule has 0 unspecified atom stereocenters. The average Bonchev–Trinajstić information content (AvgIpc) is 2.76. The summed E-state index contributed by atoms with van der Waals surface area (Å²) in [5, 5.41) is 0. The van der Waals surface area contributed by atoms with Crippen LogP contribution in [0.25, 0.3) is 0 Å². The topological polar surface area (TPSA) is 52.0 Å². The van der Waals surface area contributed by atoms with Crippen LogP contribution in [0, 0.1) is 0 Å². The fraction of sp³-hybridized carbons (Fsp3) is 0.308. The zero-order chi connectivity index (χ0) is 13.9. The second-order valence-corrected chi connectivity index (χ2v) is 4.13. The summed E-state index contributed by atoms with van der Waals surface area (Å²) in [6.45, 7) is 0.443. The van der Waals surface area contributed by atoms with Gasteiger partial charge in [0, 0.05) is 12.8 Å². The van der Waals surface area contributed by atoms with Crippen molar-refractivity contribution < 1.29 is 17.6 Å². The molecule has 1 aromatic carbocycles. The molecule has 0 amide bonds. The van der Waals surface area contributed by atoms with Gasteiger partial charge in [-0.1, -0.05) is 18.2 Å². The van der Waals surface area contributed by atoms with Crippen molar-refractivity contribution >= 4 is 0 Å². The maximum absolute atomic E-state index is 12.6. The number of hydrogen-bond acceptors (Lipinski definition) is 3. The fourth-order valence-electron chi connectivity index (χ4n) is 1.72. The second kappa shape index (κ2) is 5.44. The van der Waals surface area contributed by atoms with Gasteiger partial charge in [-0.05, 0) is 18.2 Å². The highest BCUT2D eigenvalue weighted by atomic mass is 19.4. The minimum absolute atomic E-state index is 0.231. The molecular formula is C13H13F3N2O. The maximum atomic E-state index is 12.6. The van der Waals surface area contributed by atoms with E-state index in [0.717, 1.165) is 12.1 Å². The van der Waals surface area contributed by atoms with Gasteiger partial charge in [0.1, 0.15) is 5.76 Å². The molecule has 6 heteroatoms. The van der Waals surface area contributed by atoms with Gasteiger partial charge in [-0.3, -0.25) is 0 Å². The number of benzene rings is 1. The SMILES string of the molecule is NCCc1cnc(Cc2cccc(C(F)(F)F)c2)o1. The van der Waals surface area contributed by atoms with Crippen LogP contribution < -0.4 is 5.73 Å². The van der Waals surface area contributed by atoms with Gasteiger partial charge in [-0.15, -0.1) is 0 Å². The van der Waals surface area contributed by atoms with Crippen molar-refractivity contribution in [3.05, 3.63) is 53.2 Å². The molecule has 0 saturated carbocycles. The summed E-state index contributed by atoms with van der Waals surface area (Å²) in [6.07, 6.45) is -1.99. The van der Waals surface area contributed by atoms with Gasteiger partial charge in [-0.2, -0.15) is 13.2 Å². The second-order valence-electron chi connectivity index (χ2n) is 4.13. The highest BCUT2D eigenvalue weighted by molar-refractivity contribution is 5.27. The minimum atomic E-state index is -4.34. The third-order valence-corrected chi connectivity index (χ3v) is 2.60. The summed E-state index contributed by atoms with van der Waals surface area (Å²) in [4.78, 5) is 4.02. The summed E-state index contributed by atoms with van der Waals surface area (Å²) in [7, 11) is 0. The van der Waals surface area contributed by atoms with E-state index in [0.29, 0.717) is 30.2 Å². The Morgan fingerprint density at radius 1 is 1.26 bits per heavy atom. The standard InChI is InChI=1S/C13H13F3N2O/c14-13(15,16)10-3-1-2-9(6-10)7-12-18-8-11(19-12)4-5-17/h1-3,6,8H,4-5,7,17H2. The molecule has 102 valence electrons. The number of hydrogen-bond donors (Lipinski definition) is 1. The number of halogens is 3. The predicted molar refractivity (Wildman–Crippen MR) is 63.5 cm³/mol. The fourth-order valence-corrected chi connectivity index (χ4v) is 1.72. The van der Waals surface area contributed by atoms with Crippen molar-refractivity contribution in [2.24, 2.45) is 5.73 Å². The Morgan fingerprint density at radius 3 is 2.74 bits per heavy atom. The van der Waals surface area contributed by atoms with Crippen molar-refractivity contribution in [1.29, 1.82) is 0 Å². The number of nitrogens with two attached hydrogens (primary N) is 1. The third kappa shape index (κ3) is 3.57. The third-order valence-electron chi connectivity index (χ3n) is 2.60. The molecular weight excluding hydrogens is 257 g/mol. The number of aromatic nitrogens is 1. The molecule has 2 rings (SSSR count). The lowest BCUT2D eigenvalue weighted by Gasteiger charge is -2.07. The highest BCUT2D eigenvalue weighted by Gasteiger charge is 2.30. The van der Waals surface area contributed by atoms with Gasteiger partial charge in [0.25, 0.3) is 0 Å². The first-order chi connectivity index (χ1) is 8.99. The summed E-state index contributed by atoms with van der Waals surface area (Å²) >= 11 is 0. The zero-order valence-electron chi connectivity index (χ0n) is 10.1. The summed E-state index contributed by atoms with van der Waals surface area (Å²) in [5.41, 5.74) is 5.22. The van der Waals surface area contributed by atoms with Crippen LogP contribution in [0.15, 0.2) is 34.9 Å². The van der Waals surface area contributed by atoms with Crippen molar-refractivity contribution in [3.63, 3.8) is 0 Å². The molecule has 0 aliphatic heterocycles.